The van der Waals surface area contributed by atoms with Gasteiger partial charge in [-0.15, -0.1) is 0 Å². The predicted molar refractivity (Wildman–Crippen MR) is 281 cm³/mol. The van der Waals surface area contributed by atoms with Gasteiger partial charge in [0.1, 0.15) is 0 Å². The molecule has 0 spiro atoms. The van der Waals surface area contributed by atoms with Crippen molar-refractivity contribution < 1.29 is 18.9 Å². The van der Waals surface area contributed by atoms with Crippen molar-refractivity contribution in [3.8, 4) is 44.5 Å². The quantitative estimate of drug-likeness (QED) is 0.0805. The second-order valence-corrected chi connectivity index (χ2v) is 22.8. The van der Waals surface area contributed by atoms with Gasteiger partial charge < -0.3 is 18.9 Å². The minimum absolute atomic E-state index is 0.0867. The normalized spacial score (nSPS) is 19.5. The summed E-state index contributed by atoms with van der Waals surface area (Å²) in [5.41, 5.74) is 17.2. The molecular weight excluding hydrogens is 833 g/mol. The van der Waals surface area contributed by atoms with E-state index in [0.29, 0.717) is 6.61 Å². The average molecular weight is 899 g/mol. The van der Waals surface area contributed by atoms with Gasteiger partial charge in [0.2, 0.25) is 0 Å². The second kappa shape index (κ2) is 16.1. The SMILES string of the molecule is CCC1(COCCCC2(COCC3(CC)COC3)c3ccccc3-c3ccc(-c4ccc5c(c4)C(C)(C)c4cc(-c6ccc7ccc8cc(C(C)(C)C)cc9ccc6c7c89)ccc4-5)cc32)COC1. The van der Waals surface area contributed by atoms with Crippen LogP contribution in [-0.4, -0.2) is 52.9 Å². The van der Waals surface area contributed by atoms with E-state index in [1.807, 2.05) is 0 Å². The Bertz CT molecular complexity index is 3220. The van der Waals surface area contributed by atoms with Gasteiger partial charge in [-0.25, -0.2) is 0 Å². The first kappa shape index (κ1) is 43.9. The Hall–Kier alpha value is -5.36. The summed E-state index contributed by atoms with van der Waals surface area (Å²) in [7, 11) is 0. The van der Waals surface area contributed by atoms with E-state index in [2.05, 4.69) is 176 Å². The molecule has 68 heavy (non-hydrogen) atoms. The van der Waals surface area contributed by atoms with Crippen LogP contribution in [0.5, 0.6) is 0 Å². The molecule has 8 aromatic rings. The lowest BCUT2D eigenvalue weighted by molar-refractivity contribution is -0.154. The van der Waals surface area contributed by atoms with Crippen molar-refractivity contribution in [1.82, 2.24) is 0 Å². The van der Waals surface area contributed by atoms with Gasteiger partial charge in [0.05, 0.1) is 46.2 Å². The Morgan fingerprint density at radius 2 is 1.03 bits per heavy atom. The lowest BCUT2D eigenvalue weighted by atomic mass is 9.74. The monoisotopic (exact) mass is 898 g/mol. The van der Waals surface area contributed by atoms with E-state index < -0.39 is 0 Å². The van der Waals surface area contributed by atoms with Crippen LogP contribution in [-0.2, 0) is 35.2 Å². The maximum Gasteiger partial charge on any atom is 0.0604 e. The molecule has 0 radical (unpaired) electrons. The molecule has 1 unspecified atom stereocenters. The fourth-order valence-corrected chi connectivity index (χ4v) is 12.5. The molecule has 0 amide bonds. The molecule has 0 bridgehead atoms. The Morgan fingerprint density at radius 1 is 0.500 bits per heavy atom. The number of hydrogen-bond acceptors (Lipinski definition) is 4. The zero-order valence-corrected chi connectivity index (χ0v) is 41.2. The highest BCUT2D eigenvalue weighted by Gasteiger charge is 2.45. The van der Waals surface area contributed by atoms with E-state index >= 15 is 0 Å². The summed E-state index contributed by atoms with van der Waals surface area (Å²) in [6.45, 7) is 22.3. The summed E-state index contributed by atoms with van der Waals surface area (Å²) in [5, 5.41) is 8.02. The molecule has 2 saturated heterocycles. The van der Waals surface area contributed by atoms with Gasteiger partial charge in [-0.05, 0) is 154 Å². The molecule has 4 aliphatic rings. The van der Waals surface area contributed by atoms with E-state index in [1.165, 1.54) is 105 Å². The predicted octanol–water partition coefficient (Wildman–Crippen LogP) is 15.5. The maximum atomic E-state index is 6.93. The summed E-state index contributed by atoms with van der Waals surface area (Å²) in [5.74, 6) is 0. The Labute approximate surface area is 403 Å². The van der Waals surface area contributed by atoms with Crippen LogP contribution in [0.2, 0.25) is 0 Å². The van der Waals surface area contributed by atoms with E-state index in [1.54, 1.807) is 0 Å². The first-order valence-corrected chi connectivity index (χ1v) is 25.4. The topological polar surface area (TPSA) is 36.9 Å². The Morgan fingerprint density at radius 3 is 1.66 bits per heavy atom. The summed E-state index contributed by atoms with van der Waals surface area (Å²) >= 11 is 0. The van der Waals surface area contributed by atoms with Crippen LogP contribution in [0.25, 0.3) is 76.8 Å². The highest BCUT2D eigenvalue weighted by Crippen LogP contribution is 2.55. The average Bonchev–Trinajstić information content (AvgIpc) is 3.72. The van der Waals surface area contributed by atoms with Crippen LogP contribution in [0.4, 0.5) is 0 Å². The number of hydrogen-bond donors (Lipinski definition) is 0. The molecule has 2 aliphatic carbocycles. The molecule has 8 aromatic carbocycles. The minimum Gasteiger partial charge on any atom is -0.381 e. The number of ether oxygens (including phenoxy) is 4. The van der Waals surface area contributed by atoms with Gasteiger partial charge in [-0.2, -0.15) is 0 Å². The van der Waals surface area contributed by atoms with Gasteiger partial charge in [0.15, 0.2) is 0 Å². The van der Waals surface area contributed by atoms with Crippen LogP contribution in [0.1, 0.15) is 102 Å². The van der Waals surface area contributed by atoms with Crippen molar-refractivity contribution in [2.75, 3.05) is 52.9 Å². The number of fused-ring (bicyclic) bond motifs is 6. The van der Waals surface area contributed by atoms with Gasteiger partial charge in [-0.3, -0.25) is 0 Å². The highest BCUT2D eigenvalue weighted by molar-refractivity contribution is 6.25. The van der Waals surface area contributed by atoms with Crippen LogP contribution < -0.4 is 0 Å². The van der Waals surface area contributed by atoms with Crippen molar-refractivity contribution in [2.24, 2.45) is 10.8 Å². The van der Waals surface area contributed by atoms with Crippen molar-refractivity contribution in [3.63, 3.8) is 0 Å². The molecule has 12 rings (SSSR count). The van der Waals surface area contributed by atoms with E-state index in [0.717, 1.165) is 71.9 Å². The Kier molecular flexibility index (Phi) is 10.4. The van der Waals surface area contributed by atoms with Crippen molar-refractivity contribution in [1.29, 1.82) is 0 Å². The summed E-state index contributed by atoms with van der Waals surface area (Å²) < 4.78 is 24.7. The fraction of sp³-hybridized carbons (Fsp3) is 0.375. The molecule has 2 heterocycles. The van der Waals surface area contributed by atoms with Crippen molar-refractivity contribution >= 4 is 32.3 Å². The summed E-state index contributed by atoms with van der Waals surface area (Å²) in [6.07, 6.45) is 4.05. The molecule has 0 saturated carbocycles. The molecule has 0 aromatic heterocycles. The molecule has 2 aliphatic heterocycles. The van der Waals surface area contributed by atoms with E-state index in [9.17, 15) is 0 Å². The third-order valence-corrected chi connectivity index (χ3v) is 17.2. The van der Waals surface area contributed by atoms with Crippen LogP contribution in [0, 0.1) is 10.8 Å². The molecular formula is C64H66O4. The first-order valence-electron chi connectivity index (χ1n) is 25.4. The standard InChI is InChI=1S/C64H66O4/c1-8-62(35-66-36-62)34-65-28-12-27-64(40-68-39-63(9-2)37-67-38-63)54-14-11-10-13-49(54)52-24-19-43(32-57(52)64)42-18-23-50-51-25-20-44(33-56(51)61(6,7)55(50)31-42)48-22-17-41-15-16-45-29-47(60(3,4)5)30-46-21-26-53(48)59(41)58(45)46/h10-11,13-26,29-33H,8-9,12,27-28,34-40H2,1-7H3. The molecule has 4 heteroatoms. The third-order valence-electron chi connectivity index (χ3n) is 17.2. The summed E-state index contributed by atoms with van der Waals surface area (Å²) in [4.78, 5) is 0. The zero-order chi connectivity index (χ0) is 46.6. The number of benzene rings is 8. The first-order chi connectivity index (χ1) is 32.9. The molecule has 346 valence electrons. The van der Waals surface area contributed by atoms with Crippen molar-refractivity contribution in [3.05, 3.63) is 155 Å². The zero-order valence-electron chi connectivity index (χ0n) is 41.2. The minimum atomic E-state index is -0.296. The lowest BCUT2D eigenvalue weighted by Crippen LogP contribution is -2.46. The lowest BCUT2D eigenvalue weighted by Gasteiger charge is -2.42. The smallest absolute Gasteiger partial charge is 0.0604 e. The summed E-state index contributed by atoms with van der Waals surface area (Å²) in [6, 6.07) is 49.6. The molecule has 0 N–H and O–H groups in total. The molecule has 1 atom stereocenters. The van der Waals surface area contributed by atoms with E-state index in [-0.39, 0.29) is 27.1 Å². The largest absolute Gasteiger partial charge is 0.381 e. The van der Waals surface area contributed by atoms with Crippen LogP contribution in [0.3, 0.4) is 0 Å². The van der Waals surface area contributed by atoms with Gasteiger partial charge >= 0.3 is 0 Å². The van der Waals surface area contributed by atoms with Gasteiger partial charge in [0.25, 0.3) is 0 Å². The van der Waals surface area contributed by atoms with Gasteiger partial charge in [-0.1, -0.05) is 158 Å². The van der Waals surface area contributed by atoms with Crippen molar-refractivity contribution in [2.45, 2.75) is 90.4 Å². The molecule has 2 fully saturated rings. The molecule has 4 nitrogen and oxygen atoms in total. The maximum absolute atomic E-state index is 6.93. The Balaban J connectivity index is 0.885. The van der Waals surface area contributed by atoms with Gasteiger partial charge in [0, 0.05) is 28.3 Å². The third kappa shape index (κ3) is 6.84. The fourth-order valence-electron chi connectivity index (χ4n) is 12.5. The second-order valence-electron chi connectivity index (χ2n) is 22.8. The van der Waals surface area contributed by atoms with Crippen LogP contribution >= 0.6 is 0 Å². The number of rotatable bonds is 14. The highest BCUT2D eigenvalue weighted by atomic mass is 16.5. The van der Waals surface area contributed by atoms with Crippen LogP contribution in [0.15, 0.2) is 127 Å². The van der Waals surface area contributed by atoms with E-state index in [4.69, 9.17) is 18.9 Å².